The first-order valence-corrected chi connectivity index (χ1v) is 11.7. The fraction of sp³-hybridized carbons (Fsp3) is 0.207. The van der Waals surface area contributed by atoms with Gasteiger partial charge >= 0.3 is 5.97 Å². The molecule has 0 N–H and O–H groups in total. The van der Waals surface area contributed by atoms with E-state index in [9.17, 15) is 9.59 Å². The van der Waals surface area contributed by atoms with Crippen LogP contribution < -0.4 is 0 Å². The molecule has 1 aromatic heterocycles. The SMILES string of the molecule is CCOC(=O)c1nn(C(c2ccccc2)(c2ccccc2)c2ccccc2)c2c1CCCC2=O. The van der Waals surface area contributed by atoms with E-state index in [0.29, 0.717) is 30.5 Å². The minimum Gasteiger partial charge on any atom is -0.461 e. The molecule has 0 fully saturated rings. The molecule has 0 spiro atoms. The maximum absolute atomic E-state index is 13.4. The zero-order valence-corrected chi connectivity index (χ0v) is 19.1. The van der Waals surface area contributed by atoms with Gasteiger partial charge in [-0.25, -0.2) is 9.48 Å². The number of hydrogen-bond acceptors (Lipinski definition) is 4. The van der Waals surface area contributed by atoms with E-state index in [0.717, 1.165) is 16.7 Å². The largest absolute Gasteiger partial charge is 0.461 e. The van der Waals surface area contributed by atoms with Gasteiger partial charge in [0.05, 0.1) is 6.61 Å². The first-order chi connectivity index (χ1) is 16.7. The lowest BCUT2D eigenvalue weighted by Crippen LogP contribution is -2.41. The van der Waals surface area contributed by atoms with Crippen LogP contribution in [0.3, 0.4) is 0 Å². The number of esters is 1. The Morgan fingerprint density at radius 1 is 0.853 bits per heavy atom. The minimum atomic E-state index is -0.953. The predicted octanol–water partition coefficient (Wildman–Crippen LogP) is 5.42. The van der Waals surface area contributed by atoms with Crippen molar-refractivity contribution in [2.45, 2.75) is 31.7 Å². The van der Waals surface area contributed by atoms with Crippen molar-refractivity contribution in [2.24, 2.45) is 0 Å². The number of carbonyl (C=O) groups is 2. The van der Waals surface area contributed by atoms with Gasteiger partial charge in [-0.05, 0) is 36.5 Å². The summed E-state index contributed by atoms with van der Waals surface area (Å²) in [6.07, 6.45) is 1.73. The van der Waals surface area contributed by atoms with Gasteiger partial charge in [0.2, 0.25) is 0 Å². The van der Waals surface area contributed by atoms with Gasteiger partial charge in [0, 0.05) is 12.0 Å². The zero-order chi connectivity index (χ0) is 23.5. The number of ether oxygens (including phenoxy) is 1. The fourth-order valence-electron chi connectivity index (χ4n) is 5.03. The lowest BCUT2D eigenvalue weighted by Gasteiger charge is -2.37. The lowest BCUT2D eigenvalue weighted by atomic mass is 9.76. The minimum absolute atomic E-state index is 0.00327. The molecule has 34 heavy (non-hydrogen) atoms. The Morgan fingerprint density at radius 2 is 1.35 bits per heavy atom. The van der Waals surface area contributed by atoms with Crippen molar-refractivity contribution in [3.8, 4) is 0 Å². The highest BCUT2D eigenvalue weighted by Gasteiger charge is 2.44. The molecule has 0 aliphatic heterocycles. The molecule has 0 unspecified atom stereocenters. The summed E-state index contributed by atoms with van der Waals surface area (Å²) >= 11 is 0. The standard InChI is InChI=1S/C29H26N2O3/c1-2-34-28(33)26-24-19-12-20-25(32)27(24)31(30-26)29(21-13-6-3-7-14-21,22-15-8-4-9-16-22)23-17-10-5-11-18-23/h3-11,13-18H,2,12,19-20H2,1H3. The molecular weight excluding hydrogens is 424 g/mol. The van der Waals surface area contributed by atoms with Crippen molar-refractivity contribution >= 4 is 11.8 Å². The number of hydrogen-bond donors (Lipinski definition) is 0. The Morgan fingerprint density at radius 3 is 1.82 bits per heavy atom. The van der Waals surface area contributed by atoms with Crippen LogP contribution in [-0.4, -0.2) is 28.1 Å². The van der Waals surface area contributed by atoms with Crippen molar-refractivity contribution in [3.05, 3.63) is 125 Å². The molecule has 3 aromatic carbocycles. The van der Waals surface area contributed by atoms with Gasteiger partial charge in [-0.1, -0.05) is 91.0 Å². The van der Waals surface area contributed by atoms with Gasteiger partial charge < -0.3 is 4.74 Å². The third kappa shape index (κ3) is 3.45. The second kappa shape index (κ2) is 9.10. The van der Waals surface area contributed by atoms with E-state index in [-0.39, 0.29) is 18.1 Å². The van der Waals surface area contributed by atoms with Crippen LogP contribution in [-0.2, 0) is 16.7 Å². The Labute approximate surface area is 199 Å². The molecule has 5 heteroatoms. The average Bonchev–Trinajstić information content (AvgIpc) is 3.28. The molecule has 1 aliphatic rings. The Balaban J connectivity index is 1.93. The number of rotatable bonds is 6. The highest BCUT2D eigenvalue weighted by molar-refractivity contribution is 6.01. The smallest absolute Gasteiger partial charge is 0.359 e. The molecule has 0 bridgehead atoms. The fourth-order valence-corrected chi connectivity index (χ4v) is 5.03. The summed E-state index contributed by atoms with van der Waals surface area (Å²) in [5.74, 6) is -0.494. The Bertz CT molecular complexity index is 1220. The van der Waals surface area contributed by atoms with Crippen molar-refractivity contribution in [2.75, 3.05) is 6.61 Å². The summed E-state index contributed by atoms with van der Waals surface area (Å²) in [5, 5.41) is 4.88. The molecule has 0 amide bonds. The number of ketones is 1. The molecule has 1 aliphatic carbocycles. The Hall–Kier alpha value is -3.99. The average molecular weight is 451 g/mol. The molecule has 170 valence electrons. The van der Waals surface area contributed by atoms with Gasteiger partial charge in [-0.3, -0.25) is 4.79 Å². The lowest BCUT2D eigenvalue weighted by molar-refractivity contribution is 0.0516. The van der Waals surface area contributed by atoms with Crippen LogP contribution in [0.25, 0.3) is 0 Å². The van der Waals surface area contributed by atoms with Gasteiger partial charge in [-0.2, -0.15) is 5.10 Å². The van der Waals surface area contributed by atoms with E-state index in [1.807, 2.05) is 91.0 Å². The van der Waals surface area contributed by atoms with Crippen LogP contribution in [0.1, 0.15) is 63.0 Å². The first-order valence-electron chi connectivity index (χ1n) is 11.7. The summed E-state index contributed by atoms with van der Waals surface area (Å²) in [5.41, 5.74) is 3.31. The van der Waals surface area contributed by atoms with Crippen LogP contribution in [0.5, 0.6) is 0 Å². The van der Waals surface area contributed by atoms with Crippen molar-refractivity contribution in [1.82, 2.24) is 9.78 Å². The summed E-state index contributed by atoms with van der Waals surface area (Å²) in [4.78, 5) is 26.4. The number of carbonyl (C=O) groups excluding carboxylic acids is 2. The van der Waals surface area contributed by atoms with E-state index in [1.165, 1.54) is 0 Å². The molecular formula is C29H26N2O3. The number of nitrogens with zero attached hydrogens (tertiary/aromatic N) is 2. The van der Waals surface area contributed by atoms with Gasteiger partial charge in [0.15, 0.2) is 11.5 Å². The number of aromatic nitrogens is 2. The first kappa shape index (κ1) is 21.8. The number of Topliss-reactive ketones (excluding diaryl/α,β-unsaturated/α-hetero) is 1. The molecule has 0 saturated carbocycles. The topological polar surface area (TPSA) is 61.2 Å². The van der Waals surface area contributed by atoms with Crippen LogP contribution in [0.2, 0.25) is 0 Å². The van der Waals surface area contributed by atoms with Crippen molar-refractivity contribution in [1.29, 1.82) is 0 Å². The van der Waals surface area contributed by atoms with Gasteiger partial charge in [0.1, 0.15) is 11.2 Å². The summed E-state index contributed by atoms with van der Waals surface area (Å²) < 4.78 is 7.13. The maximum Gasteiger partial charge on any atom is 0.359 e. The van der Waals surface area contributed by atoms with Crippen LogP contribution in [0.15, 0.2) is 91.0 Å². The summed E-state index contributed by atoms with van der Waals surface area (Å²) in [6.45, 7) is 2.02. The van der Waals surface area contributed by atoms with Gasteiger partial charge in [0.25, 0.3) is 0 Å². The second-order valence-corrected chi connectivity index (χ2v) is 8.39. The van der Waals surface area contributed by atoms with Gasteiger partial charge in [-0.15, -0.1) is 0 Å². The third-order valence-electron chi connectivity index (χ3n) is 6.44. The summed E-state index contributed by atoms with van der Waals surface area (Å²) in [6, 6.07) is 30.1. The van der Waals surface area contributed by atoms with E-state index in [2.05, 4.69) is 0 Å². The summed E-state index contributed by atoms with van der Waals surface area (Å²) in [7, 11) is 0. The molecule has 5 rings (SSSR count). The highest BCUT2D eigenvalue weighted by atomic mass is 16.5. The number of fused-ring (bicyclic) bond motifs is 1. The van der Waals surface area contributed by atoms with Crippen LogP contribution >= 0.6 is 0 Å². The molecule has 0 atom stereocenters. The molecule has 1 heterocycles. The molecule has 0 saturated heterocycles. The van der Waals surface area contributed by atoms with Crippen LogP contribution in [0, 0.1) is 0 Å². The highest BCUT2D eigenvalue weighted by Crippen LogP contribution is 2.43. The van der Waals surface area contributed by atoms with E-state index >= 15 is 0 Å². The van der Waals surface area contributed by atoms with E-state index in [1.54, 1.807) is 11.6 Å². The quantitative estimate of drug-likeness (QED) is 0.291. The maximum atomic E-state index is 13.4. The predicted molar refractivity (Wildman–Crippen MR) is 130 cm³/mol. The molecule has 0 radical (unpaired) electrons. The van der Waals surface area contributed by atoms with E-state index < -0.39 is 11.5 Å². The second-order valence-electron chi connectivity index (χ2n) is 8.39. The van der Waals surface area contributed by atoms with Crippen LogP contribution in [0.4, 0.5) is 0 Å². The normalized spacial score (nSPS) is 13.4. The number of benzene rings is 3. The zero-order valence-electron chi connectivity index (χ0n) is 19.1. The van der Waals surface area contributed by atoms with Crippen molar-refractivity contribution < 1.29 is 14.3 Å². The van der Waals surface area contributed by atoms with E-state index in [4.69, 9.17) is 9.84 Å². The third-order valence-corrected chi connectivity index (χ3v) is 6.44. The van der Waals surface area contributed by atoms with Crippen molar-refractivity contribution in [3.63, 3.8) is 0 Å². The Kier molecular flexibility index (Phi) is 5.84. The molecule has 4 aromatic rings. The monoisotopic (exact) mass is 450 g/mol. The molecule has 5 nitrogen and oxygen atoms in total.